The summed E-state index contributed by atoms with van der Waals surface area (Å²) in [7, 11) is 0. The lowest BCUT2D eigenvalue weighted by atomic mass is 10.1. The Kier molecular flexibility index (Phi) is 4.36. The number of anilines is 2. The molecule has 1 unspecified atom stereocenters. The van der Waals surface area contributed by atoms with E-state index >= 15 is 0 Å². The molecular weight excluding hydrogens is 264 g/mol. The van der Waals surface area contributed by atoms with E-state index < -0.39 is 0 Å². The summed E-state index contributed by atoms with van der Waals surface area (Å²) in [4.78, 5) is 11.1. The van der Waals surface area contributed by atoms with Crippen LogP contribution in [0.1, 0.15) is 42.5 Å². The Morgan fingerprint density at radius 3 is 2.43 bits per heavy atom. The van der Waals surface area contributed by atoms with Crippen molar-refractivity contribution in [1.29, 1.82) is 0 Å². The van der Waals surface area contributed by atoms with E-state index in [4.69, 9.17) is 4.42 Å². The number of furan rings is 1. The lowest BCUT2D eigenvalue weighted by molar-refractivity contribution is -0.114. The van der Waals surface area contributed by atoms with Crippen molar-refractivity contribution in [2.45, 2.75) is 40.7 Å². The van der Waals surface area contributed by atoms with Crippen molar-refractivity contribution < 1.29 is 9.21 Å². The number of carbonyl (C=O) groups excluding carboxylic acids is 1. The van der Waals surface area contributed by atoms with Crippen molar-refractivity contribution in [1.82, 2.24) is 0 Å². The quantitative estimate of drug-likeness (QED) is 0.879. The molecule has 0 radical (unpaired) electrons. The molecule has 4 heteroatoms. The van der Waals surface area contributed by atoms with Gasteiger partial charge in [0.2, 0.25) is 5.91 Å². The van der Waals surface area contributed by atoms with Gasteiger partial charge in [-0.3, -0.25) is 4.79 Å². The molecule has 0 saturated carbocycles. The smallest absolute Gasteiger partial charge is 0.221 e. The number of hydrogen-bond acceptors (Lipinski definition) is 3. The summed E-state index contributed by atoms with van der Waals surface area (Å²) in [6.45, 7) is 9.53. The third-order valence-electron chi connectivity index (χ3n) is 3.47. The van der Waals surface area contributed by atoms with Gasteiger partial charge in [-0.25, -0.2) is 0 Å². The second kappa shape index (κ2) is 6.04. The Morgan fingerprint density at radius 2 is 1.90 bits per heavy atom. The molecular formula is C17H22N2O2. The Morgan fingerprint density at radius 1 is 1.19 bits per heavy atom. The molecule has 0 bridgehead atoms. The Balaban J connectivity index is 2.14. The molecule has 1 heterocycles. The minimum absolute atomic E-state index is 0.0586. The summed E-state index contributed by atoms with van der Waals surface area (Å²) in [6, 6.07) is 8.14. The summed E-state index contributed by atoms with van der Waals surface area (Å²) >= 11 is 0. The van der Waals surface area contributed by atoms with Crippen molar-refractivity contribution in [3.05, 3.63) is 46.9 Å². The average Bonchev–Trinajstić information content (AvgIpc) is 2.71. The van der Waals surface area contributed by atoms with Gasteiger partial charge in [-0.2, -0.15) is 0 Å². The van der Waals surface area contributed by atoms with Crippen LogP contribution in [0.2, 0.25) is 0 Å². The number of carbonyl (C=O) groups is 1. The number of benzene rings is 1. The van der Waals surface area contributed by atoms with Crippen LogP contribution in [-0.2, 0) is 4.79 Å². The number of hydrogen-bond donors (Lipinski definition) is 2. The van der Waals surface area contributed by atoms with E-state index in [2.05, 4.69) is 23.6 Å². The van der Waals surface area contributed by atoms with Crippen LogP contribution in [-0.4, -0.2) is 5.91 Å². The molecule has 21 heavy (non-hydrogen) atoms. The zero-order valence-corrected chi connectivity index (χ0v) is 13.2. The van der Waals surface area contributed by atoms with E-state index in [0.717, 1.165) is 34.0 Å². The molecule has 112 valence electrons. The Bertz CT molecular complexity index is 659. The minimum atomic E-state index is -0.0586. The van der Waals surface area contributed by atoms with Crippen LogP contribution < -0.4 is 10.6 Å². The van der Waals surface area contributed by atoms with Gasteiger partial charge in [-0.15, -0.1) is 0 Å². The SMILES string of the molecule is CC(=O)Nc1ccc(NC(C)c2cc(C)oc2C)cc1C. The summed E-state index contributed by atoms with van der Waals surface area (Å²) in [5.41, 5.74) is 4.06. The standard InChI is InChI=1S/C17H22N2O2/c1-10-8-15(6-7-17(10)19-14(5)20)18-12(3)16-9-11(2)21-13(16)4/h6-9,12,18H,1-5H3,(H,19,20). The molecule has 2 aromatic rings. The fraction of sp³-hybridized carbons (Fsp3) is 0.353. The van der Waals surface area contributed by atoms with E-state index in [1.54, 1.807) is 0 Å². The highest BCUT2D eigenvalue weighted by molar-refractivity contribution is 5.89. The zero-order valence-electron chi connectivity index (χ0n) is 13.2. The predicted molar refractivity (Wildman–Crippen MR) is 85.7 cm³/mol. The number of amides is 1. The number of aryl methyl sites for hydroxylation is 3. The normalized spacial score (nSPS) is 12.0. The highest BCUT2D eigenvalue weighted by Crippen LogP contribution is 2.27. The molecule has 4 nitrogen and oxygen atoms in total. The third-order valence-corrected chi connectivity index (χ3v) is 3.47. The van der Waals surface area contributed by atoms with E-state index in [1.165, 1.54) is 6.92 Å². The molecule has 2 N–H and O–H groups in total. The molecule has 1 aromatic heterocycles. The van der Waals surface area contributed by atoms with Crippen LogP contribution in [0.5, 0.6) is 0 Å². The van der Waals surface area contributed by atoms with Gasteiger partial charge in [0.05, 0.1) is 6.04 Å². The maximum absolute atomic E-state index is 11.1. The molecule has 0 fully saturated rings. The van der Waals surface area contributed by atoms with Crippen molar-refractivity contribution in [3.63, 3.8) is 0 Å². The van der Waals surface area contributed by atoms with E-state index in [0.29, 0.717) is 0 Å². The second-order valence-electron chi connectivity index (χ2n) is 5.45. The van der Waals surface area contributed by atoms with Gasteiger partial charge in [0.1, 0.15) is 11.5 Å². The summed E-state index contributed by atoms with van der Waals surface area (Å²) in [5.74, 6) is 1.81. The first-order valence-corrected chi connectivity index (χ1v) is 7.08. The van der Waals surface area contributed by atoms with Crippen LogP contribution in [0.4, 0.5) is 11.4 Å². The summed E-state index contributed by atoms with van der Waals surface area (Å²) in [6.07, 6.45) is 0. The fourth-order valence-electron chi connectivity index (χ4n) is 2.49. The van der Waals surface area contributed by atoms with Crippen LogP contribution in [0.3, 0.4) is 0 Å². The average molecular weight is 286 g/mol. The van der Waals surface area contributed by atoms with Crippen molar-refractivity contribution >= 4 is 17.3 Å². The lowest BCUT2D eigenvalue weighted by Crippen LogP contribution is -2.09. The molecule has 1 amide bonds. The van der Waals surface area contributed by atoms with Gasteiger partial charge in [-0.05, 0) is 57.5 Å². The van der Waals surface area contributed by atoms with Gasteiger partial charge >= 0.3 is 0 Å². The van der Waals surface area contributed by atoms with Crippen molar-refractivity contribution in [3.8, 4) is 0 Å². The van der Waals surface area contributed by atoms with Gasteiger partial charge in [0, 0.05) is 23.9 Å². The summed E-state index contributed by atoms with van der Waals surface area (Å²) in [5, 5.41) is 6.28. The van der Waals surface area contributed by atoms with Gasteiger partial charge in [0.25, 0.3) is 0 Å². The molecule has 2 rings (SSSR count). The molecule has 0 aliphatic rings. The van der Waals surface area contributed by atoms with Gasteiger partial charge in [0.15, 0.2) is 0 Å². The fourth-order valence-corrected chi connectivity index (χ4v) is 2.49. The first-order valence-electron chi connectivity index (χ1n) is 7.08. The minimum Gasteiger partial charge on any atom is -0.466 e. The van der Waals surface area contributed by atoms with E-state index in [1.807, 2.05) is 39.0 Å². The van der Waals surface area contributed by atoms with Crippen LogP contribution in [0.15, 0.2) is 28.7 Å². The van der Waals surface area contributed by atoms with Crippen LogP contribution in [0.25, 0.3) is 0 Å². The number of nitrogens with one attached hydrogen (secondary N) is 2. The molecule has 0 spiro atoms. The molecule has 1 atom stereocenters. The Hall–Kier alpha value is -2.23. The molecule has 0 aliphatic carbocycles. The second-order valence-corrected chi connectivity index (χ2v) is 5.45. The third kappa shape index (κ3) is 3.66. The lowest BCUT2D eigenvalue weighted by Gasteiger charge is -2.16. The first-order chi connectivity index (χ1) is 9.86. The van der Waals surface area contributed by atoms with Gasteiger partial charge in [-0.1, -0.05) is 0 Å². The first kappa shape index (κ1) is 15.2. The largest absolute Gasteiger partial charge is 0.466 e. The highest BCUT2D eigenvalue weighted by Gasteiger charge is 2.13. The number of rotatable bonds is 4. The summed E-state index contributed by atoms with van der Waals surface area (Å²) < 4.78 is 5.57. The van der Waals surface area contributed by atoms with Crippen molar-refractivity contribution in [2.75, 3.05) is 10.6 Å². The Labute approximate surface area is 125 Å². The molecule has 1 aromatic carbocycles. The van der Waals surface area contributed by atoms with Crippen molar-refractivity contribution in [2.24, 2.45) is 0 Å². The zero-order chi connectivity index (χ0) is 15.6. The van der Waals surface area contributed by atoms with Gasteiger partial charge < -0.3 is 15.1 Å². The predicted octanol–water partition coefficient (Wildman–Crippen LogP) is 4.34. The van der Waals surface area contributed by atoms with Crippen LogP contribution >= 0.6 is 0 Å². The van der Waals surface area contributed by atoms with Crippen LogP contribution in [0, 0.1) is 20.8 Å². The highest BCUT2D eigenvalue weighted by atomic mass is 16.3. The maximum Gasteiger partial charge on any atom is 0.221 e. The van der Waals surface area contributed by atoms with E-state index in [-0.39, 0.29) is 11.9 Å². The molecule has 0 aliphatic heterocycles. The maximum atomic E-state index is 11.1. The monoisotopic (exact) mass is 286 g/mol. The van der Waals surface area contributed by atoms with E-state index in [9.17, 15) is 4.79 Å². The topological polar surface area (TPSA) is 54.3 Å². The molecule has 0 saturated heterocycles.